The van der Waals surface area contributed by atoms with Crippen LogP contribution in [-0.2, 0) is 21.4 Å². The summed E-state index contributed by atoms with van der Waals surface area (Å²) in [5, 5.41) is 2.99. The van der Waals surface area contributed by atoms with E-state index in [9.17, 15) is 9.59 Å². The number of amides is 2. The van der Waals surface area contributed by atoms with Crippen LogP contribution in [0.5, 0.6) is 5.75 Å². The van der Waals surface area contributed by atoms with Gasteiger partial charge < -0.3 is 15.8 Å². The summed E-state index contributed by atoms with van der Waals surface area (Å²) < 4.78 is 5.22. The largest absolute Gasteiger partial charge is 0.497 e. The van der Waals surface area contributed by atoms with Crippen LogP contribution < -0.4 is 15.8 Å². The molecule has 1 atom stereocenters. The topological polar surface area (TPSA) is 81.4 Å². The summed E-state index contributed by atoms with van der Waals surface area (Å²) in [6.07, 6.45) is 0.263. The molecule has 0 saturated carbocycles. The van der Waals surface area contributed by atoms with Crippen molar-refractivity contribution in [3.8, 4) is 5.75 Å². The van der Waals surface area contributed by atoms with Crippen molar-refractivity contribution in [1.82, 2.24) is 5.32 Å². The molecule has 5 nitrogen and oxygen atoms in total. The SMILES string of the molecule is COc1ccc(C[C@H](NC(=O)C(c2ccccc2)(c2ccccc2)c2ccccc2)C(N)=O)cc1. The third-order valence-electron chi connectivity index (χ3n) is 6.21. The zero-order valence-corrected chi connectivity index (χ0v) is 19.6. The first-order chi connectivity index (χ1) is 17.1. The van der Waals surface area contributed by atoms with Crippen LogP contribution in [-0.4, -0.2) is 25.0 Å². The number of methoxy groups -OCH3 is 1. The van der Waals surface area contributed by atoms with Gasteiger partial charge in [-0.1, -0.05) is 103 Å². The minimum absolute atomic E-state index is 0.263. The van der Waals surface area contributed by atoms with Gasteiger partial charge >= 0.3 is 0 Å². The Balaban J connectivity index is 1.80. The van der Waals surface area contributed by atoms with Gasteiger partial charge in [0.2, 0.25) is 11.8 Å². The Bertz CT molecular complexity index is 1160. The second kappa shape index (κ2) is 10.7. The summed E-state index contributed by atoms with van der Waals surface area (Å²) in [7, 11) is 1.60. The monoisotopic (exact) mass is 464 g/mol. The summed E-state index contributed by atoms with van der Waals surface area (Å²) in [5.74, 6) is -0.208. The lowest BCUT2D eigenvalue weighted by atomic mass is 9.68. The van der Waals surface area contributed by atoms with E-state index in [2.05, 4.69) is 5.32 Å². The standard InChI is InChI=1S/C30H28N2O3/c1-35-26-19-17-22(18-20-26)21-27(28(31)33)32-29(34)30(23-11-5-2-6-12-23,24-13-7-3-8-14-24)25-15-9-4-10-16-25/h2-20,27H,21H2,1H3,(H2,31,33)(H,32,34)/t27-/m0/s1. The molecular weight excluding hydrogens is 436 g/mol. The highest BCUT2D eigenvalue weighted by Crippen LogP contribution is 2.39. The maximum atomic E-state index is 14.3. The van der Waals surface area contributed by atoms with E-state index in [-0.39, 0.29) is 12.3 Å². The lowest BCUT2D eigenvalue weighted by Crippen LogP contribution is -2.54. The summed E-state index contributed by atoms with van der Waals surface area (Å²) >= 11 is 0. The average Bonchev–Trinajstić information content (AvgIpc) is 2.91. The molecule has 3 N–H and O–H groups in total. The molecule has 0 radical (unpaired) electrons. The summed E-state index contributed by atoms with van der Waals surface area (Å²) in [6.45, 7) is 0. The molecule has 0 aliphatic heterocycles. The molecule has 0 aliphatic carbocycles. The highest BCUT2D eigenvalue weighted by atomic mass is 16.5. The number of hydrogen-bond donors (Lipinski definition) is 2. The van der Waals surface area contributed by atoms with Gasteiger partial charge in [0.05, 0.1) is 7.11 Å². The van der Waals surface area contributed by atoms with Gasteiger partial charge in [-0.3, -0.25) is 9.59 Å². The predicted molar refractivity (Wildman–Crippen MR) is 137 cm³/mol. The Morgan fingerprint density at radius 2 is 1.17 bits per heavy atom. The summed E-state index contributed by atoms with van der Waals surface area (Å²) in [6, 6.07) is 35.3. The van der Waals surface area contributed by atoms with Gasteiger partial charge in [-0.15, -0.1) is 0 Å². The van der Waals surface area contributed by atoms with Crippen LogP contribution >= 0.6 is 0 Å². The minimum atomic E-state index is -1.18. The Hall–Kier alpha value is -4.38. The molecule has 0 fully saturated rings. The van der Waals surface area contributed by atoms with E-state index in [1.54, 1.807) is 7.11 Å². The smallest absolute Gasteiger partial charge is 0.240 e. The average molecular weight is 465 g/mol. The molecule has 4 aromatic rings. The number of nitrogens with one attached hydrogen (secondary N) is 1. The first-order valence-electron chi connectivity index (χ1n) is 11.5. The zero-order chi connectivity index (χ0) is 24.7. The molecule has 0 saturated heterocycles. The van der Waals surface area contributed by atoms with Gasteiger partial charge in [0.15, 0.2) is 0 Å². The summed E-state index contributed by atoms with van der Waals surface area (Å²) in [4.78, 5) is 26.8. The van der Waals surface area contributed by atoms with E-state index in [4.69, 9.17) is 10.5 Å². The van der Waals surface area contributed by atoms with Gasteiger partial charge in [0.1, 0.15) is 17.2 Å². The number of benzene rings is 4. The van der Waals surface area contributed by atoms with Crippen molar-refractivity contribution >= 4 is 11.8 Å². The van der Waals surface area contributed by atoms with Crippen LogP contribution in [0.15, 0.2) is 115 Å². The molecule has 0 aromatic heterocycles. The van der Waals surface area contributed by atoms with Crippen molar-refractivity contribution in [2.75, 3.05) is 7.11 Å². The zero-order valence-electron chi connectivity index (χ0n) is 19.6. The number of primary amides is 1. The maximum absolute atomic E-state index is 14.3. The number of nitrogens with two attached hydrogens (primary N) is 1. The fraction of sp³-hybridized carbons (Fsp3) is 0.133. The second-order valence-corrected chi connectivity index (χ2v) is 8.33. The fourth-order valence-electron chi connectivity index (χ4n) is 4.44. The second-order valence-electron chi connectivity index (χ2n) is 8.33. The predicted octanol–water partition coefficient (Wildman–Crippen LogP) is 4.24. The number of rotatable bonds is 9. The van der Waals surface area contributed by atoms with Gasteiger partial charge in [0.25, 0.3) is 0 Å². The number of hydrogen-bond acceptors (Lipinski definition) is 3. The highest BCUT2D eigenvalue weighted by molar-refractivity contribution is 5.98. The Kier molecular flexibility index (Phi) is 7.27. The van der Waals surface area contributed by atoms with Gasteiger partial charge in [0, 0.05) is 6.42 Å². The van der Waals surface area contributed by atoms with Crippen molar-refractivity contribution in [3.63, 3.8) is 0 Å². The Labute approximate surface area is 205 Å². The first kappa shape index (κ1) is 23.8. The molecule has 5 heteroatoms. The van der Waals surface area contributed by atoms with E-state index in [1.165, 1.54) is 0 Å². The highest BCUT2D eigenvalue weighted by Gasteiger charge is 2.44. The normalized spacial score (nSPS) is 11.9. The van der Waals surface area contributed by atoms with E-state index in [0.717, 1.165) is 22.3 Å². The van der Waals surface area contributed by atoms with E-state index in [0.29, 0.717) is 5.75 Å². The summed E-state index contributed by atoms with van der Waals surface area (Å²) in [5.41, 5.74) is 7.83. The van der Waals surface area contributed by atoms with Crippen molar-refractivity contribution in [2.24, 2.45) is 5.73 Å². The number of carbonyl (C=O) groups is 2. The van der Waals surface area contributed by atoms with E-state index in [1.807, 2.05) is 115 Å². The molecule has 0 aliphatic rings. The lowest BCUT2D eigenvalue weighted by molar-refractivity contribution is -0.129. The molecule has 4 rings (SSSR count). The van der Waals surface area contributed by atoms with Crippen molar-refractivity contribution in [1.29, 1.82) is 0 Å². The van der Waals surface area contributed by atoms with Crippen molar-refractivity contribution in [3.05, 3.63) is 138 Å². The number of carbonyl (C=O) groups excluding carboxylic acids is 2. The van der Waals surface area contributed by atoms with Crippen LogP contribution in [0.3, 0.4) is 0 Å². The van der Waals surface area contributed by atoms with Gasteiger partial charge in [-0.25, -0.2) is 0 Å². The van der Waals surface area contributed by atoms with Crippen LogP contribution in [0.1, 0.15) is 22.3 Å². The van der Waals surface area contributed by atoms with Crippen LogP contribution in [0.25, 0.3) is 0 Å². The lowest BCUT2D eigenvalue weighted by Gasteiger charge is -2.35. The van der Waals surface area contributed by atoms with Crippen LogP contribution in [0.4, 0.5) is 0 Å². The third-order valence-corrected chi connectivity index (χ3v) is 6.21. The fourth-order valence-corrected chi connectivity index (χ4v) is 4.44. The third kappa shape index (κ3) is 4.94. The maximum Gasteiger partial charge on any atom is 0.240 e. The molecule has 0 spiro atoms. The van der Waals surface area contributed by atoms with Crippen LogP contribution in [0.2, 0.25) is 0 Å². The molecule has 2 amide bonds. The molecule has 0 bridgehead atoms. The molecule has 4 aromatic carbocycles. The van der Waals surface area contributed by atoms with Crippen molar-refractivity contribution < 1.29 is 14.3 Å². The molecular formula is C30H28N2O3. The molecule has 35 heavy (non-hydrogen) atoms. The minimum Gasteiger partial charge on any atom is -0.497 e. The Morgan fingerprint density at radius 3 is 1.54 bits per heavy atom. The van der Waals surface area contributed by atoms with Crippen molar-refractivity contribution in [2.45, 2.75) is 17.9 Å². The van der Waals surface area contributed by atoms with E-state index < -0.39 is 17.4 Å². The quantitative estimate of drug-likeness (QED) is 0.364. The molecule has 176 valence electrons. The number of ether oxygens (including phenoxy) is 1. The molecule has 0 heterocycles. The van der Waals surface area contributed by atoms with Gasteiger partial charge in [-0.05, 0) is 34.4 Å². The Morgan fingerprint density at radius 1 is 0.743 bits per heavy atom. The van der Waals surface area contributed by atoms with Gasteiger partial charge in [-0.2, -0.15) is 0 Å². The molecule has 0 unspecified atom stereocenters. The first-order valence-corrected chi connectivity index (χ1v) is 11.5. The van der Waals surface area contributed by atoms with E-state index >= 15 is 0 Å². The van der Waals surface area contributed by atoms with Crippen LogP contribution in [0, 0.1) is 0 Å².